The van der Waals surface area contributed by atoms with E-state index in [0.29, 0.717) is 12.8 Å². The van der Waals surface area contributed by atoms with E-state index in [2.05, 4.69) is 12.2 Å². The lowest BCUT2D eigenvalue weighted by Crippen LogP contribution is -2.49. The van der Waals surface area contributed by atoms with E-state index in [1.54, 1.807) is 0 Å². The Bertz CT molecular complexity index is 881. The van der Waals surface area contributed by atoms with Crippen LogP contribution in [0.1, 0.15) is 57.6 Å². The van der Waals surface area contributed by atoms with E-state index >= 15 is 0 Å². The van der Waals surface area contributed by atoms with Crippen LogP contribution in [0.25, 0.3) is 0 Å². The zero-order chi connectivity index (χ0) is 24.3. The topological polar surface area (TPSA) is 89.3 Å². The second-order valence-electron chi connectivity index (χ2n) is 9.53. The lowest BCUT2D eigenvalue weighted by atomic mass is 9.73. The van der Waals surface area contributed by atoms with Crippen LogP contribution < -0.4 is 11.1 Å². The summed E-state index contributed by atoms with van der Waals surface area (Å²) in [5, 5.41) is 2.74. The van der Waals surface area contributed by atoms with Gasteiger partial charge < -0.3 is 15.8 Å². The molecule has 2 aromatic carbocycles. The molecule has 0 fully saturated rings. The average Bonchev–Trinajstić information content (AvgIpc) is 2.81. The highest BCUT2D eigenvalue weighted by molar-refractivity contribution is 5.89. The number of amides is 1. The van der Waals surface area contributed by atoms with Crippen molar-refractivity contribution in [2.24, 2.45) is 17.1 Å². The molecule has 33 heavy (non-hydrogen) atoms. The van der Waals surface area contributed by atoms with Crippen molar-refractivity contribution in [2.45, 2.75) is 71.4 Å². The van der Waals surface area contributed by atoms with Gasteiger partial charge in [0, 0.05) is 11.3 Å². The molecule has 5 nitrogen and oxygen atoms in total. The molecular formula is C28H38N2O3. The van der Waals surface area contributed by atoms with Crippen LogP contribution in [-0.2, 0) is 27.2 Å². The number of carbonyl (C=O) groups excluding carboxylic acids is 3. The van der Waals surface area contributed by atoms with Crippen LogP contribution in [0.3, 0.4) is 0 Å². The molecule has 0 aliphatic carbocycles. The number of nitrogens with one attached hydrogen (secondary N) is 1. The fourth-order valence-corrected chi connectivity index (χ4v) is 4.26. The predicted molar refractivity (Wildman–Crippen MR) is 133 cm³/mol. The van der Waals surface area contributed by atoms with Gasteiger partial charge in [0.2, 0.25) is 5.91 Å². The molecule has 0 spiro atoms. The molecule has 178 valence electrons. The second kappa shape index (κ2) is 13.0. The number of Topliss-reactive ketones (excluding diaryl/α,β-unsaturated/α-hetero) is 1. The Morgan fingerprint density at radius 2 is 1.52 bits per heavy atom. The quantitative estimate of drug-likeness (QED) is 0.421. The van der Waals surface area contributed by atoms with E-state index in [9.17, 15) is 14.4 Å². The van der Waals surface area contributed by atoms with Crippen LogP contribution in [-0.4, -0.2) is 30.1 Å². The van der Waals surface area contributed by atoms with E-state index in [-0.39, 0.29) is 18.1 Å². The third-order valence-electron chi connectivity index (χ3n) is 6.13. The Balaban J connectivity index is 2.01. The molecule has 0 saturated heterocycles. The highest BCUT2D eigenvalue weighted by Crippen LogP contribution is 2.31. The molecule has 2 aromatic rings. The number of ketones is 1. The smallest absolute Gasteiger partial charge is 0.237 e. The van der Waals surface area contributed by atoms with Gasteiger partial charge in [-0.15, -0.1) is 0 Å². The van der Waals surface area contributed by atoms with E-state index in [0.717, 1.165) is 36.7 Å². The Morgan fingerprint density at radius 3 is 2.03 bits per heavy atom. The first-order chi connectivity index (χ1) is 15.8. The second-order valence-corrected chi connectivity index (χ2v) is 9.53. The summed E-state index contributed by atoms with van der Waals surface area (Å²) < 4.78 is 0. The summed E-state index contributed by atoms with van der Waals surface area (Å²) in [6, 6.07) is 18.0. The molecule has 2 rings (SSSR count). The van der Waals surface area contributed by atoms with Gasteiger partial charge in [0.1, 0.15) is 12.1 Å². The number of hydrogen-bond donors (Lipinski definition) is 2. The van der Waals surface area contributed by atoms with E-state index in [1.165, 1.54) is 0 Å². The normalized spacial score (nSPS) is 14.2. The van der Waals surface area contributed by atoms with Crippen LogP contribution in [0.15, 0.2) is 60.7 Å². The van der Waals surface area contributed by atoms with Gasteiger partial charge in [-0.3, -0.25) is 9.59 Å². The summed E-state index contributed by atoms with van der Waals surface area (Å²) >= 11 is 0. The summed E-state index contributed by atoms with van der Waals surface area (Å²) in [5.74, 6) is -0.380. The molecular weight excluding hydrogens is 412 g/mol. The minimum Gasteiger partial charge on any atom is -0.345 e. The van der Waals surface area contributed by atoms with Crippen molar-refractivity contribution >= 4 is 18.0 Å². The Morgan fingerprint density at radius 1 is 0.970 bits per heavy atom. The number of nitrogens with two attached hydrogens (primary N) is 1. The third-order valence-corrected chi connectivity index (χ3v) is 6.13. The summed E-state index contributed by atoms with van der Waals surface area (Å²) in [6.45, 7) is 5.86. The van der Waals surface area contributed by atoms with Crippen molar-refractivity contribution in [3.63, 3.8) is 0 Å². The number of carbonyl (C=O) groups is 3. The van der Waals surface area contributed by atoms with Crippen molar-refractivity contribution in [3.8, 4) is 0 Å². The van der Waals surface area contributed by atoms with Crippen molar-refractivity contribution in [1.82, 2.24) is 5.32 Å². The highest BCUT2D eigenvalue weighted by atomic mass is 16.2. The molecule has 3 atom stereocenters. The average molecular weight is 451 g/mol. The number of unbranched alkanes of at least 4 members (excludes halogenated alkanes) is 1. The molecule has 0 radical (unpaired) electrons. The third kappa shape index (κ3) is 8.58. The van der Waals surface area contributed by atoms with Crippen molar-refractivity contribution in [2.75, 3.05) is 0 Å². The molecule has 0 aliphatic heterocycles. The fraction of sp³-hybridized carbons (Fsp3) is 0.464. The van der Waals surface area contributed by atoms with E-state index in [1.807, 2.05) is 74.5 Å². The standard InChI is InChI=1S/C28H38N2O3/c1-4-5-16-23(17-21-12-8-6-9-13-21)26(32)28(2,3)19-25(29)27(33)30-24(20-31)18-22-14-10-7-11-15-22/h6-15,20,23-25H,4-5,16-19,29H2,1-3H3,(H,30,33)/t23?,24?,25-/m1/s1. The molecule has 0 aromatic heterocycles. The zero-order valence-electron chi connectivity index (χ0n) is 20.1. The summed E-state index contributed by atoms with van der Waals surface area (Å²) in [7, 11) is 0. The van der Waals surface area contributed by atoms with Crippen molar-refractivity contribution < 1.29 is 14.4 Å². The monoisotopic (exact) mass is 450 g/mol. The predicted octanol–water partition coefficient (Wildman–Crippen LogP) is 4.27. The Kier molecular flexibility index (Phi) is 10.5. The molecule has 2 unspecified atom stereocenters. The van der Waals surface area contributed by atoms with Gasteiger partial charge in [0.05, 0.1) is 12.1 Å². The molecule has 0 bridgehead atoms. The number of benzene rings is 2. The number of aldehydes is 1. The lowest BCUT2D eigenvalue weighted by molar-refractivity contribution is -0.133. The first kappa shape index (κ1) is 26.5. The van der Waals surface area contributed by atoms with Crippen LogP contribution in [0, 0.1) is 11.3 Å². The fourth-order valence-electron chi connectivity index (χ4n) is 4.26. The van der Waals surface area contributed by atoms with Gasteiger partial charge >= 0.3 is 0 Å². The SMILES string of the molecule is CCCCC(Cc1ccccc1)C(=O)C(C)(C)C[C@@H](N)C(=O)NC(C=O)Cc1ccccc1. The van der Waals surface area contributed by atoms with E-state index in [4.69, 9.17) is 5.73 Å². The summed E-state index contributed by atoms with van der Waals surface area (Å²) in [5.41, 5.74) is 7.56. The molecule has 1 amide bonds. The summed E-state index contributed by atoms with van der Waals surface area (Å²) in [6.07, 6.45) is 4.87. The van der Waals surface area contributed by atoms with Crippen LogP contribution in [0.2, 0.25) is 0 Å². The Hall–Kier alpha value is -2.79. The van der Waals surface area contributed by atoms with Crippen molar-refractivity contribution in [1.29, 1.82) is 0 Å². The van der Waals surface area contributed by atoms with Crippen LogP contribution in [0.4, 0.5) is 0 Å². The van der Waals surface area contributed by atoms with Crippen LogP contribution >= 0.6 is 0 Å². The molecule has 0 heterocycles. The highest BCUT2D eigenvalue weighted by Gasteiger charge is 2.36. The minimum atomic E-state index is -0.870. The Labute approximate surface area is 198 Å². The largest absolute Gasteiger partial charge is 0.345 e. The lowest BCUT2D eigenvalue weighted by Gasteiger charge is -2.31. The first-order valence-electron chi connectivity index (χ1n) is 11.9. The number of hydrogen-bond acceptors (Lipinski definition) is 4. The van der Waals surface area contributed by atoms with Gasteiger partial charge in [0.25, 0.3) is 0 Å². The van der Waals surface area contributed by atoms with Gasteiger partial charge in [-0.25, -0.2) is 0 Å². The minimum absolute atomic E-state index is 0.113. The van der Waals surface area contributed by atoms with Gasteiger partial charge in [-0.1, -0.05) is 94.3 Å². The maximum Gasteiger partial charge on any atom is 0.237 e. The van der Waals surface area contributed by atoms with Gasteiger partial charge in [-0.05, 0) is 36.8 Å². The van der Waals surface area contributed by atoms with Crippen LogP contribution in [0.5, 0.6) is 0 Å². The molecule has 3 N–H and O–H groups in total. The molecule has 0 saturated carbocycles. The maximum absolute atomic E-state index is 13.5. The van der Waals surface area contributed by atoms with Gasteiger partial charge in [-0.2, -0.15) is 0 Å². The zero-order valence-corrected chi connectivity index (χ0v) is 20.1. The summed E-state index contributed by atoms with van der Waals surface area (Å²) in [4.78, 5) is 37.8. The van der Waals surface area contributed by atoms with E-state index < -0.39 is 23.4 Å². The first-order valence-corrected chi connectivity index (χ1v) is 11.9. The molecule has 5 heteroatoms. The van der Waals surface area contributed by atoms with Crippen molar-refractivity contribution in [3.05, 3.63) is 71.8 Å². The number of rotatable bonds is 14. The maximum atomic E-state index is 13.5. The van der Waals surface area contributed by atoms with Gasteiger partial charge in [0.15, 0.2) is 0 Å². The molecule has 0 aliphatic rings.